The number of hydrogen-bond acceptors (Lipinski definition) is 4. The second-order valence-electron chi connectivity index (χ2n) is 5.77. The highest BCUT2D eigenvalue weighted by atomic mass is 19.1. The van der Waals surface area contributed by atoms with Gasteiger partial charge in [0.05, 0.1) is 31.0 Å². The Hall–Kier alpha value is -2.26. The lowest BCUT2D eigenvalue weighted by molar-refractivity contribution is 0.0126. The Bertz CT molecular complexity index is 686. The molecule has 0 bridgehead atoms. The van der Waals surface area contributed by atoms with Crippen molar-refractivity contribution in [1.29, 1.82) is 5.26 Å². The van der Waals surface area contributed by atoms with Gasteiger partial charge < -0.3 is 9.84 Å². The highest BCUT2D eigenvalue weighted by molar-refractivity contribution is 5.32. The first-order valence-corrected chi connectivity index (χ1v) is 7.75. The second-order valence-corrected chi connectivity index (χ2v) is 5.77. The highest BCUT2D eigenvalue weighted by Crippen LogP contribution is 2.12. The summed E-state index contributed by atoms with van der Waals surface area (Å²) in [6.07, 6.45) is -0.653. The highest BCUT2D eigenvalue weighted by Gasteiger charge is 2.11. The summed E-state index contributed by atoms with van der Waals surface area (Å²) in [5.41, 5.74) is 1.85. The third kappa shape index (κ3) is 5.74. The molecule has 0 fully saturated rings. The fourth-order valence-electron chi connectivity index (χ4n) is 2.40. The summed E-state index contributed by atoms with van der Waals surface area (Å²) in [6, 6.07) is 16.1. The largest absolute Gasteiger partial charge is 0.389 e. The van der Waals surface area contributed by atoms with E-state index in [4.69, 9.17) is 10.00 Å². The predicted molar refractivity (Wildman–Crippen MR) is 89.6 cm³/mol. The van der Waals surface area contributed by atoms with Gasteiger partial charge in [-0.3, -0.25) is 4.90 Å². The minimum Gasteiger partial charge on any atom is -0.389 e. The van der Waals surface area contributed by atoms with Crippen molar-refractivity contribution in [2.24, 2.45) is 0 Å². The maximum atomic E-state index is 13.9. The first kappa shape index (κ1) is 18.1. The number of rotatable bonds is 8. The van der Waals surface area contributed by atoms with E-state index in [0.29, 0.717) is 30.8 Å². The van der Waals surface area contributed by atoms with Crippen molar-refractivity contribution in [2.45, 2.75) is 19.3 Å². The number of hydrogen-bond donors (Lipinski definition) is 1. The molecule has 24 heavy (non-hydrogen) atoms. The smallest absolute Gasteiger partial charge is 0.129 e. The quantitative estimate of drug-likeness (QED) is 0.809. The van der Waals surface area contributed by atoms with Crippen molar-refractivity contribution in [3.63, 3.8) is 0 Å². The molecule has 5 heteroatoms. The van der Waals surface area contributed by atoms with Crippen LogP contribution in [0.25, 0.3) is 0 Å². The van der Waals surface area contributed by atoms with E-state index in [9.17, 15) is 9.50 Å². The Morgan fingerprint density at radius 3 is 2.67 bits per heavy atom. The molecule has 0 aliphatic heterocycles. The van der Waals surface area contributed by atoms with Crippen LogP contribution >= 0.6 is 0 Å². The molecule has 0 spiro atoms. The molecule has 0 saturated heterocycles. The van der Waals surface area contributed by atoms with Crippen LogP contribution in [0.1, 0.15) is 16.7 Å². The van der Waals surface area contributed by atoms with Gasteiger partial charge in [-0.25, -0.2) is 4.39 Å². The molecule has 0 heterocycles. The van der Waals surface area contributed by atoms with Crippen LogP contribution < -0.4 is 0 Å². The molecule has 0 aliphatic carbocycles. The average molecular weight is 328 g/mol. The number of ether oxygens (including phenoxy) is 1. The van der Waals surface area contributed by atoms with Gasteiger partial charge in [-0.1, -0.05) is 36.4 Å². The van der Waals surface area contributed by atoms with Gasteiger partial charge >= 0.3 is 0 Å². The monoisotopic (exact) mass is 328 g/mol. The summed E-state index contributed by atoms with van der Waals surface area (Å²) >= 11 is 0. The summed E-state index contributed by atoms with van der Waals surface area (Å²) in [5, 5.41) is 18.8. The molecule has 2 aromatic carbocycles. The van der Waals surface area contributed by atoms with E-state index >= 15 is 0 Å². The van der Waals surface area contributed by atoms with Gasteiger partial charge in [0, 0.05) is 18.7 Å². The van der Waals surface area contributed by atoms with Crippen LogP contribution in [0.4, 0.5) is 4.39 Å². The predicted octanol–water partition coefficient (Wildman–Crippen LogP) is 2.71. The molecule has 1 atom stereocenters. The Morgan fingerprint density at radius 1 is 1.25 bits per heavy atom. The van der Waals surface area contributed by atoms with E-state index in [-0.39, 0.29) is 6.61 Å². The van der Waals surface area contributed by atoms with Gasteiger partial charge in [0.25, 0.3) is 0 Å². The topological polar surface area (TPSA) is 56.5 Å². The number of aliphatic hydroxyl groups is 1. The zero-order valence-electron chi connectivity index (χ0n) is 13.7. The number of halogens is 1. The lowest BCUT2D eigenvalue weighted by Crippen LogP contribution is -2.32. The number of nitriles is 1. The zero-order valence-corrected chi connectivity index (χ0v) is 13.7. The summed E-state index contributed by atoms with van der Waals surface area (Å²) in [7, 11) is 1.80. The molecule has 0 amide bonds. The molecule has 0 aromatic heterocycles. The van der Waals surface area contributed by atoms with Crippen molar-refractivity contribution in [3.05, 3.63) is 71.0 Å². The molecule has 1 N–H and O–H groups in total. The van der Waals surface area contributed by atoms with E-state index in [2.05, 4.69) is 0 Å². The van der Waals surface area contributed by atoms with E-state index < -0.39 is 11.9 Å². The van der Waals surface area contributed by atoms with Crippen LogP contribution in [0.3, 0.4) is 0 Å². The SMILES string of the molecule is CN(Cc1ccc(C#N)cc1F)C[C@H](O)COCc1ccccc1. The summed E-state index contributed by atoms with van der Waals surface area (Å²) in [5.74, 6) is -0.407. The lowest BCUT2D eigenvalue weighted by atomic mass is 10.1. The van der Waals surface area contributed by atoms with E-state index in [0.717, 1.165) is 5.56 Å². The second kappa shape index (κ2) is 9.14. The van der Waals surface area contributed by atoms with Crippen molar-refractivity contribution in [2.75, 3.05) is 20.2 Å². The van der Waals surface area contributed by atoms with Crippen molar-refractivity contribution >= 4 is 0 Å². The Morgan fingerprint density at radius 2 is 2.00 bits per heavy atom. The molecule has 126 valence electrons. The molecule has 0 unspecified atom stereocenters. The first-order chi connectivity index (χ1) is 11.6. The van der Waals surface area contributed by atoms with Gasteiger partial charge in [0.1, 0.15) is 5.82 Å². The van der Waals surface area contributed by atoms with Crippen molar-refractivity contribution < 1.29 is 14.2 Å². The first-order valence-electron chi connectivity index (χ1n) is 7.75. The molecule has 0 saturated carbocycles. The maximum Gasteiger partial charge on any atom is 0.129 e. The number of aliphatic hydroxyl groups excluding tert-OH is 1. The molecule has 4 nitrogen and oxygen atoms in total. The fourth-order valence-corrected chi connectivity index (χ4v) is 2.40. The minimum absolute atomic E-state index is 0.217. The van der Waals surface area contributed by atoms with Gasteiger partial charge in [-0.15, -0.1) is 0 Å². The number of benzene rings is 2. The summed E-state index contributed by atoms with van der Waals surface area (Å²) in [6.45, 7) is 1.39. The summed E-state index contributed by atoms with van der Waals surface area (Å²) < 4.78 is 19.4. The van der Waals surface area contributed by atoms with E-state index in [1.807, 2.05) is 41.3 Å². The van der Waals surface area contributed by atoms with Gasteiger partial charge in [0.2, 0.25) is 0 Å². The number of likely N-dealkylation sites (N-methyl/N-ethyl adjacent to an activating group) is 1. The minimum atomic E-state index is -0.653. The third-order valence-electron chi connectivity index (χ3n) is 3.57. The molecule has 2 rings (SSSR count). The average Bonchev–Trinajstić information content (AvgIpc) is 2.57. The van der Waals surface area contributed by atoms with Crippen LogP contribution in [0.15, 0.2) is 48.5 Å². The number of nitrogens with zero attached hydrogens (tertiary/aromatic N) is 2. The van der Waals surface area contributed by atoms with Crippen LogP contribution in [-0.2, 0) is 17.9 Å². The van der Waals surface area contributed by atoms with E-state index in [1.165, 1.54) is 6.07 Å². The zero-order chi connectivity index (χ0) is 17.4. The van der Waals surface area contributed by atoms with Crippen molar-refractivity contribution in [3.8, 4) is 6.07 Å². The molecule has 0 aliphatic rings. The molecular weight excluding hydrogens is 307 g/mol. The normalized spacial score (nSPS) is 12.1. The molecular formula is C19H21FN2O2. The van der Waals surface area contributed by atoms with Gasteiger partial charge in [-0.05, 0) is 24.7 Å². The maximum absolute atomic E-state index is 13.9. The Labute approximate surface area is 141 Å². The van der Waals surface area contributed by atoms with E-state index in [1.54, 1.807) is 19.2 Å². The van der Waals surface area contributed by atoms with Crippen molar-refractivity contribution in [1.82, 2.24) is 4.90 Å². The van der Waals surface area contributed by atoms with Crippen LogP contribution in [0.5, 0.6) is 0 Å². The molecule has 0 radical (unpaired) electrons. The van der Waals surface area contributed by atoms with Crippen LogP contribution in [0, 0.1) is 17.1 Å². The third-order valence-corrected chi connectivity index (χ3v) is 3.57. The standard InChI is InChI=1S/C19H21FN2O2/c1-22(11-17-8-7-16(10-21)9-19(17)20)12-18(23)14-24-13-15-5-3-2-4-6-15/h2-9,18,23H,11-14H2,1H3/t18-/m0/s1. The van der Waals surface area contributed by atoms with Crippen LogP contribution in [0.2, 0.25) is 0 Å². The van der Waals surface area contributed by atoms with Gasteiger partial charge in [-0.2, -0.15) is 5.26 Å². The summed E-state index contributed by atoms with van der Waals surface area (Å²) in [4.78, 5) is 1.82. The van der Waals surface area contributed by atoms with Gasteiger partial charge in [0.15, 0.2) is 0 Å². The van der Waals surface area contributed by atoms with Crippen LogP contribution in [-0.4, -0.2) is 36.3 Å². The Kier molecular flexibility index (Phi) is 6.89. The Balaban J connectivity index is 1.75. The fraction of sp³-hybridized carbons (Fsp3) is 0.316. The molecule has 2 aromatic rings. The lowest BCUT2D eigenvalue weighted by Gasteiger charge is -2.21.